The number of anilines is 3. The third kappa shape index (κ3) is 15.9. The van der Waals surface area contributed by atoms with Crippen LogP contribution in [-0.2, 0) is 38.0 Å². The molecular formula is C79H89BBrClN12O6. The highest BCUT2D eigenvalue weighted by atomic mass is 79.9. The first-order valence-corrected chi connectivity index (χ1v) is 35.4. The molecule has 6 aromatic heterocycles. The van der Waals surface area contributed by atoms with Crippen molar-refractivity contribution in [2.75, 3.05) is 93.2 Å². The van der Waals surface area contributed by atoms with Crippen LogP contribution in [0.1, 0.15) is 103 Å². The van der Waals surface area contributed by atoms with Crippen LogP contribution < -0.4 is 25.6 Å². The quantitative estimate of drug-likeness (QED) is 0.155. The van der Waals surface area contributed by atoms with Crippen molar-refractivity contribution in [3.63, 3.8) is 0 Å². The van der Waals surface area contributed by atoms with Crippen molar-refractivity contribution in [2.45, 2.75) is 111 Å². The lowest BCUT2D eigenvalue weighted by atomic mass is 9.84. The maximum atomic E-state index is 12.4. The van der Waals surface area contributed by atoms with Gasteiger partial charge in [-0.25, -0.2) is 24.5 Å². The Bertz CT molecular complexity index is 4410. The summed E-state index contributed by atoms with van der Waals surface area (Å²) in [7, 11) is -0.479. The minimum absolute atomic E-state index is 0. The Hall–Kier alpha value is -8.79. The van der Waals surface area contributed by atoms with E-state index >= 15 is 0 Å². The van der Waals surface area contributed by atoms with E-state index in [4.69, 9.17) is 33.7 Å². The van der Waals surface area contributed by atoms with Crippen LogP contribution in [0.2, 0.25) is 0 Å². The number of pyridine rings is 6. The number of nitrogens with zero attached hydrogens (tertiary/aromatic N) is 11. The molecule has 4 aliphatic heterocycles. The van der Waals surface area contributed by atoms with Crippen molar-refractivity contribution in [3.8, 4) is 55.9 Å². The Morgan fingerprint density at radius 1 is 0.450 bits per heavy atom. The number of nitrogens with one attached hydrogen (secondary N) is 1. The number of halogens is 2. The Morgan fingerprint density at radius 3 is 1.25 bits per heavy atom. The molecule has 10 heterocycles. The zero-order chi connectivity index (χ0) is 69.2. The van der Waals surface area contributed by atoms with Gasteiger partial charge in [-0.1, -0.05) is 107 Å². The predicted molar refractivity (Wildman–Crippen MR) is 404 cm³/mol. The van der Waals surface area contributed by atoms with Crippen LogP contribution in [0.25, 0.3) is 55.9 Å². The van der Waals surface area contributed by atoms with Crippen LogP contribution in [0.15, 0.2) is 169 Å². The van der Waals surface area contributed by atoms with Gasteiger partial charge in [0, 0.05) is 149 Å². The van der Waals surface area contributed by atoms with E-state index in [1.807, 2.05) is 118 Å². The number of amides is 2. The second-order valence-electron chi connectivity index (χ2n) is 28.9. The largest absolute Gasteiger partial charge is 0.514 e. The van der Waals surface area contributed by atoms with Crippen LogP contribution in [0, 0.1) is 0 Å². The summed E-state index contributed by atoms with van der Waals surface area (Å²) >= 11 is 3.58. The van der Waals surface area contributed by atoms with E-state index < -0.39 is 29.5 Å². The minimum atomic E-state index is -0.479. The highest BCUT2D eigenvalue weighted by molar-refractivity contribution is 9.10. The number of piperazine rings is 3. The number of carbonyl (C=O) groups is 2. The van der Waals surface area contributed by atoms with Gasteiger partial charge in [-0.05, 0) is 157 Å². The fraction of sp³-hybridized carbons (Fsp3) is 0.367. The summed E-state index contributed by atoms with van der Waals surface area (Å²) in [5, 5.41) is 3.40. The minimum Gasteiger partial charge on any atom is -0.444 e. The highest BCUT2D eigenvalue weighted by Gasteiger charge is 2.52. The summed E-state index contributed by atoms with van der Waals surface area (Å²) in [5.74, 6) is 2.87. The van der Waals surface area contributed by atoms with E-state index in [0.29, 0.717) is 39.3 Å². The normalized spacial score (nSPS) is 16.7. The van der Waals surface area contributed by atoms with Crippen LogP contribution in [0.5, 0.6) is 0 Å². The first-order valence-electron chi connectivity index (χ1n) is 34.6. The molecule has 1 N–H and O–H groups in total. The molecule has 3 aliphatic carbocycles. The highest BCUT2D eigenvalue weighted by Crippen LogP contribution is 2.44. The number of aromatic nitrogens is 6. The molecule has 21 heteroatoms. The van der Waals surface area contributed by atoms with E-state index in [1.165, 1.54) is 61.3 Å². The van der Waals surface area contributed by atoms with Gasteiger partial charge in [0.25, 0.3) is 0 Å². The van der Waals surface area contributed by atoms with Gasteiger partial charge in [-0.2, -0.15) is 0 Å². The Kier molecular flexibility index (Phi) is 21.2. The van der Waals surface area contributed by atoms with Gasteiger partial charge in [0.15, 0.2) is 0 Å². The van der Waals surface area contributed by atoms with E-state index in [0.717, 1.165) is 114 Å². The first-order chi connectivity index (χ1) is 47.5. The summed E-state index contributed by atoms with van der Waals surface area (Å²) < 4.78 is 24.4. The molecule has 4 saturated heterocycles. The molecule has 0 radical (unpaired) electrons. The van der Waals surface area contributed by atoms with Crippen molar-refractivity contribution in [1.29, 1.82) is 0 Å². The monoisotopic (exact) mass is 1430 g/mol. The second kappa shape index (κ2) is 29.8. The molecule has 0 saturated carbocycles. The molecular weight excluding hydrogens is 1340 g/mol. The molecule has 0 spiro atoms. The molecule has 18 nitrogen and oxygen atoms in total. The number of hydrogen-bond acceptors (Lipinski definition) is 16. The first kappa shape index (κ1) is 71.1. The number of hydrogen-bond donors (Lipinski definition) is 1. The fourth-order valence-electron chi connectivity index (χ4n) is 13.5. The molecule has 7 aliphatic rings. The van der Waals surface area contributed by atoms with Crippen molar-refractivity contribution in [1.82, 2.24) is 45.0 Å². The summed E-state index contributed by atoms with van der Waals surface area (Å²) in [6.07, 6.45) is 7.89. The Balaban J connectivity index is 0.000000130. The van der Waals surface area contributed by atoms with E-state index in [9.17, 15) is 9.59 Å². The second-order valence-corrected chi connectivity index (χ2v) is 29.7. The van der Waals surface area contributed by atoms with Crippen LogP contribution in [0.4, 0.5) is 27.0 Å². The molecule has 0 atom stereocenters. The number of rotatable bonds is 6. The van der Waals surface area contributed by atoms with Crippen molar-refractivity contribution >= 4 is 70.7 Å². The van der Waals surface area contributed by atoms with Gasteiger partial charge in [-0.3, -0.25) is 15.0 Å². The Labute approximate surface area is 603 Å². The van der Waals surface area contributed by atoms with Gasteiger partial charge in [0.2, 0.25) is 0 Å². The average Bonchev–Trinajstić information content (AvgIpc) is 1.63. The molecule has 518 valence electrons. The van der Waals surface area contributed by atoms with Gasteiger partial charge in [0.1, 0.15) is 28.7 Å². The van der Waals surface area contributed by atoms with Gasteiger partial charge >= 0.3 is 19.3 Å². The molecule has 9 aromatic rings. The molecule has 3 aromatic carbocycles. The zero-order valence-electron chi connectivity index (χ0n) is 58.9. The molecule has 0 unspecified atom stereocenters. The van der Waals surface area contributed by atoms with Gasteiger partial charge in [0.05, 0.1) is 45.3 Å². The fourth-order valence-corrected chi connectivity index (χ4v) is 14.1. The summed E-state index contributed by atoms with van der Waals surface area (Å²) in [4.78, 5) is 63.3. The lowest BCUT2D eigenvalue weighted by Crippen LogP contribution is -2.50. The predicted octanol–water partition coefficient (Wildman–Crippen LogP) is 14.2. The van der Waals surface area contributed by atoms with Crippen LogP contribution in [-0.4, -0.2) is 160 Å². The topological polar surface area (TPSA) is 177 Å². The molecule has 0 bridgehead atoms. The zero-order valence-corrected chi connectivity index (χ0v) is 61.3. The van der Waals surface area contributed by atoms with Crippen LogP contribution in [0.3, 0.4) is 0 Å². The summed E-state index contributed by atoms with van der Waals surface area (Å²) in [6.45, 7) is 28.9. The summed E-state index contributed by atoms with van der Waals surface area (Å²) in [6, 6.07) is 50.2. The molecule has 100 heavy (non-hydrogen) atoms. The SMILES string of the molecule is Brc1ccnc2c1-c1ccccc1C2.CC(C)(C)OC(=O)N1CCN(c2cccc(-c3ccnc4c3-c3ccccc3C4)n2)CC1.CC(C)(C)OC(=O)N1CCN(c2cccc(B3OC(C)(C)C(C)(C)O3)n2)CC1.Cl.c1cc(-c2ccnc3c2-c2ccccc2C3)nc(N2CCNCC2)c1. The lowest BCUT2D eigenvalue weighted by molar-refractivity contribution is 0.00578. The molecule has 16 rings (SSSR count). The molecule has 4 fully saturated rings. The number of carbonyl (C=O) groups excluding carboxylic acids is 2. The van der Waals surface area contributed by atoms with Gasteiger partial charge in [-0.15, -0.1) is 12.4 Å². The maximum absolute atomic E-state index is 12.4. The van der Waals surface area contributed by atoms with Crippen LogP contribution >= 0.6 is 28.3 Å². The average molecular weight is 1430 g/mol. The smallest absolute Gasteiger partial charge is 0.444 e. The number of ether oxygens (including phenoxy) is 2. The van der Waals surface area contributed by atoms with E-state index in [1.54, 1.807) is 9.80 Å². The standard InChI is InChI=1S/C26H28N4O2.C21H20N4.C20H32BN3O4.C12H8BrN.ClH/c1-26(2,3)32-25(31)30-15-13-29(14-16-30)23-10-6-9-21(28-23)20-11-12-27-22-17-18-7-4-5-8-19(18)24(20)22;1-2-5-16-15(4-1)14-19-21(16)17(8-9-23-19)18-6-3-7-20(24-18)25-12-10-22-11-13-25;1-18(2,3)26-17(25)24-13-11-23(12-14-24)16-10-8-9-15(22-16)21-27-19(4,5)20(6,7)28-21;13-10-5-6-14-11-7-8-3-1-2-4-9(8)12(10)11;/h4-12H,13-17H2,1-3H3;1-9,22H,10-14H2;8-10H,11-14H2,1-7H3;1-6H,7H2;1H. The van der Waals surface area contributed by atoms with Crippen molar-refractivity contribution in [2.24, 2.45) is 0 Å². The maximum Gasteiger partial charge on any atom is 0.514 e. The van der Waals surface area contributed by atoms with Crippen molar-refractivity contribution < 1.29 is 28.4 Å². The lowest BCUT2D eigenvalue weighted by Gasteiger charge is -2.36. The third-order valence-corrected chi connectivity index (χ3v) is 19.9. The van der Waals surface area contributed by atoms with E-state index in [-0.39, 0.29) is 24.6 Å². The number of fused-ring (bicyclic) bond motifs is 9. The van der Waals surface area contributed by atoms with Crippen molar-refractivity contribution in [3.05, 3.63) is 202 Å². The number of benzene rings is 3. The molecule has 2 amide bonds. The third-order valence-electron chi connectivity index (χ3n) is 19.2. The Morgan fingerprint density at radius 2 is 0.820 bits per heavy atom. The van der Waals surface area contributed by atoms with Gasteiger partial charge < -0.3 is 48.6 Å². The van der Waals surface area contributed by atoms with E-state index in [2.05, 4.69) is 166 Å². The summed E-state index contributed by atoms with van der Waals surface area (Å²) in [5.41, 5.74) is 18.4.